The first kappa shape index (κ1) is 21.4. The number of rotatable bonds is 7. The number of hydrogen-bond acceptors (Lipinski definition) is 2. The van der Waals surface area contributed by atoms with Crippen molar-refractivity contribution in [3.05, 3.63) is 72.8 Å². The van der Waals surface area contributed by atoms with Crippen LogP contribution in [0.5, 0.6) is 0 Å². The second-order valence-electron chi connectivity index (χ2n) is 9.17. The van der Waals surface area contributed by atoms with Gasteiger partial charge in [0.15, 0.2) is 0 Å². The van der Waals surface area contributed by atoms with Gasteiger partial charge in [-0.15, -0.1) is 6.58 Å². The highest BCUT2D eigenvalue weighted by Crippen LogP contribution is 2.42. The molecule has 1 aliphatic heterocycles. The molecule has 0 unspecified atom stereocenters. The van der Waals surface area contributed by atoms with E-state index >= 15 is 0 Å². The quantitative estimate of drug-likeness (QED) is 0.678. The maximum absolute atomic E-state index is 13.3. The second kappa shape index (κ2) is 9.09. The Morgan fingerprint density at radius 1 is 1.10 bits per heavy atom. The molecule has 4 heteroatoms. The number of carbonyl (C=O) groups is 2. The van der Waals surface area contributed by atoms with Crippen molar-refractivity contribution in [1.82, 2.24) is 10.2 Å². The van der Waals surface area contributed by atoms with Crippen LogP contribution in [0.2, 0.25) is 0 Å². The molecule has 2 atom stereocenters. The van der Waals surface area contributed by atoms with E-state index in [-0.39, 0.29) is 17.7 Å². The minimum atomic E-state index is -0.496. The molecular weight excluding hydrogens is 384 g/mol. The molecule has 0 aromatic heterocycles. The molecule has 31 heavy (non-hydrogen) atoms. The third-order valence-electron chi connectivity index (χ3n) is 6.92. The molecule has 2 aliphatic rings. The Labute approximate surface area is 185 Å². The van der Waals surface area contributed by atoms with Crippen molar-refractivity contribution in [2.45, 2.75) is 32.6 Å². The van der Waals surface area contributed by atoms with Gasteiger partial charge in [0.25, 0.3) is 0 Å². The van der Waals surface area contributed by atoms with Crippen LogP contribution in [0, 0.1) is 17.3 Å². The Balaban J connectivity index is 1.53. The van der Waals surface area contributed by atoms with E-state index in [9.17, 15) is 9.59 Å². The lowest BCUT2D eigenvalue weighted by Crippen LogP contribution is -2.51. The van der Waals surface area contributed by atoms with Gasteiger partial charge in [-0.3, -0.25) is 9.59 Å². The first-order valence-electron chi connectivity index (χ1n) is 11.3. The van der Waals surface area contributed by atoms with Crippen molar-refractivity contribution >= 4 is 11.8 Å². The van der Waals surface area contributed by atoms with E-state index in [1.807, 2.05) is 23.1 Å². The Bertz CT molecular complexity index is 945. The minimum Gasteiger partial charge on any atom is -0.352 e. The number of carbonyl (C=O) groups excluding carboxylic acids is 2. The van der Waals surface area contributed by atoms with Gasteiger partial charge in [0.2, 0.25) is 11.8 Å². The molecule has 4 nitrogen and oxygen atoms in total. The summed E-state index contributed by atoms with van der Waals surface area (Å²) < 4.78 is 0. The summed E-state index contributed by atoms with van der Waals surface area (Å²) in [7, 11) is 0. The fraction of sp³-hybridized carbons (Fsp3) is 0.407. The maximum Gasteiger partial charge on any atom is 0.226 e. The number of piperidine rings is 1. The van der Waals surface area contributed by atoms with E-state index in [4.69, 9.17) is 0 Å². The van der Waals surface area contributed by atoms with Crippen LogP contribution in [-0.2, 0) is 16.0 Å². The lowest BCUT2D eigenvalue weighted by Gasteiger charge is -2.41. The molecule has 1 aliphatic carbocycles. The van der Waals surface area contributed by atoms with E-state index in [0.717, 1.165) is 17.5 Å². The average molecular weight is 417 g/mol. The summed E-state index contributed by atoms with van der Waals surface area (Å²) in [4.78, 5) is 27.9. The van der Waals surface area contributed by atoms with E-state index in [0.29, 0.717) is 44.8 Å². The van der Waals surface area contributed by atoms with Crippen molar-refractivity contribution in [2.75, 3.05) is 19.6 Å². The summed E-state index contributed by atoms with van der Waals surface area (Å²) in [6.45, 7) is 7.64. The minimum absolute atomic E-state index is 0.0735. The van der Waals surface area contributed by atoms with Crippen LogP contribution in [0.25, 0.3) is 11.1 Å². The molecular formula is C27H32N2O2. The Kier molecular flexibility index (Phi) is 6.26. The highest BCUT2D eigenvalue weighted by Gasteiger charge is 2.46. The molecule has 0 bridgehead atoms. The largest absolute Gasteiger partial charge is 0.352 e. The lowest BCUT2D eigenvalue weighted by molar-refractivity contribution is -0.141. The molecule has 2 aromatic carbocycles. The van der Waals surface area contributed by atoms with Gasteiger partial charge in [-0.05, 0) is 48.3 Å². The van der Waals surface area contributed by atoms with E-state index in [1.165, 1.54) is 5.56 Å². The summed E-state index contributed by atoms with van der Waals surface area (Å²) in [5, 5.41) is 3.04. The zero-order valence-electron chi connectivity index (χ0n) is 18.3. The van der Waals surface area contributed by atoms with Gasteiger partial charge in [-0.2, -0.15) is 0 Å². The normalized spacial score (nSPS) is 21.9. The Morgan fingerprint density at radius 2 is 1.77 bits per heavy atom. The van der Waals surface area contributed by atoms with Gasteiger partial charge in [0.1, 0.15) is 0 Å². The van der Waals surface area contributed by atoms with Crippen LogP contribution in [0.4, 0.5) is 0 Å². The van der Waals surface area contributed by atoms with Gasteiger partial charge in [0.05, 0.1) is 5.41 Å². The summed E-state index contributed by atoms with van der Waals surface area (Å²) in [6.07, 6.45) is 4.79. The smallest absolute Gasteiger partial charge is 0.226 e. The van der Waals surface area contributed by atoms with Gasteiger partial charge in [-0.1, -0.05) is 67.6 Å². The van der Waals surface area contributed by atoms with E-state index in [1.54, 1.807) is 6.08 Å². The summed E-state index contributed by atoms with van der Waals surface area (Å²) in [5.41, 5.74) is 3.00. The first-order valence-corrected chi connectivity index (χ1v) is 11.3. The first-order chi connectivity index (χ1) is 15.0. The fourth-order valence-electron chi connectivity index (χ4n) is 4.77. The number of likely N-dealkylation sites (tertiary alicyclic amines) is 1. The average Bonchev–Trinajstić information content (AvgIpc) is 3.54. The molecule has 1 saturated carbocycles. The third kappa shape index (κ3) is 4.73. The topological polar surface area (TPSA) is 49.4 Å². The predicted molar refractivity (Wildman–Crippen MR) is 124 cm³/mol. The van der Waals surface area contributed by atoms with Crippen molar-refractivity contribution in [3.63, 3.8) is 0 Å². The molecule has 0 radical (unpaired) electrons. The van der Waals surface area contributed by atoms with E-state index < -0.39 is 5.41 Å². The van der Waals surface area contributed by atoms with Crippen molar-refractivity contribution in [3.8, 4) is 11.1 Å². The summed E-state index contributed by atoms with van der Waals surface area (Å²) in [5.74, 6) is 1.06. The highest BCUT2D eigenvalue weighted by atomic mass is 16.2. The second-order valence-corrected chi connectivity index (χ2v) is 9.17. The molecule has 2 fully saturated rings. The molecule has 1 N–H and O–H groups in total. The number of amides is 2. The number of benzene rings is 2. The number of nitrogens with one attached hydrogen (secondary N) is 1. The Hall–Kier alpha value is -2.88. The van der Waals surface area contributed by atoms with Crippen LogP contribution in [-0.4, -0.2) is 36.3 Å². The molecule has 1 heterocycles. The predicted octanol–water partition coefficient (Wildman–Crippen LogP) is 4.46. The number of hydrogen-bond donors (Lipinski definition) is 1. The number of nitrogens with zero attached hydrogens (tertiary/aromatic N) is 1. The van der Waals surface area contributed by atoms with Crippen molar-refractivity contribution in [2.24, 2.45) is 17.3 Å². The van der Waals surface area contributed by atoms with Crippen LogP contribution >= 0.6 is 0 Å². The molecule has 2 amide bonds. The van der Waals surface area contributed by atoms with Gasteiger partial charge < -0.3 is 10.2 Å². The van der Waals surface area contributed by atoms with Crippen LogP contribution in [0.1, 0.15) is 31.7 Å². The summed E-state index contributed by atoms with van der Waals surface area (Å²) >= 11 is 0. The molecule has 4 rings (SSSR count). The Morgan fingerprint density at radius 3 is 2.42 bits per heavy atom. The van der Waals surface area contributed by atoms with Crippen molar-refractivity contribution < 1.29 is 9.59 Å². The van der Waals surface area contributed by atoms with Gasteiger partial charge >= 0.3 is 0 Å². The summed E-state index contributed by atoms with van der Waals surface area (Å²) in [6, 6.07) is 18.8. The monoisotopic (exact) mass is 416 g/mol. The maximum atomic E-state index is 13.3. The van der Waals surface area contributed by atoms with Gasteiger partial charge in [0, 0.05) is 25.6 Å². The third-order valence-corrected chi connectivity index (χ3v) is 6.92. The standard InChI is InChI=1S/C27H32N2O2/c1-3-14-28-26(31)27(12-15-29(16-13-27)25(30)24-17-20(24)2)19-21-8-7-11-23(18-21)22-9-5-4-6-10-22/h3-11,18,20,24H,1,12-17,19H2,2H3,(H,28,31)/t20-,24-/m0/s1. The lowest BCUT2D eigenvalue weighted by atomic mass is 9.72. The van der Waals surface area contributed by atoms with Crippen LogP contribution in [0.3, 0.4) is 0 Å². The van der Waals surface area contributed by atoms with E-state index in [2.05, 4.69) is 55.2 Å². The van der Waals surface area contributed by atoms with Gasteiger partial charge in [-0.25, -0.2) is 0 Å². The van der Waals surface area contributed by atoms with Crippen molar-refractivity contribution in [1.29, 1.82) is 0 Å². The zero-order chi connectivity index (χ0) is 21.8. The fourth-order valence-corrected chi connectivity index (χ4v) is 4.77. The molecule has 162 valence electrons. The molecule has 0 spiro atoms. The van der Waals surface area contributed by atoms with Crippen LogP contribution < -0.4 is 5.32 Å². The zero-order valence-corrected chi connectivity index (χ0v) is 18.3. The van der Waals surface area contributed by atoms with Crippen LogP contribution in [0.15, 0.2) is 67.3 Å². The molecule has 1 saturated heterocycles. The highest BCUT2D eigenvalue weighted by molar-refractivity contribution is 5.85. The SMILES string of the molecule is C=CCNC(=O)C1(Cc2cccc(-c3ccccc3)c2)CCN(C(=O)[C@H]2C[C@@H]2C)CC1. The molecule has 2 aromatic rings.